The summed E-state index contributed by atoms with van der Waals surface area (Å²) in [4.78, 5) is 25.4. The molecule has 1 fully saturated rings. The summed E-state index contributed by atoms with van der Waals surface area (Å²) in [6, 6.07) is 3.28. The van der Waals surface area contributed by atoms with Gasteiger partial charge in [0.2, 0.25) is 0 Å². The molecule has 2 aromatic rings. The molecular formula is C16H18N2O5. The zero-order chi connectivity index (χ0) is 16.6. The van der Waals surface area contributed by atoms with Gasteiger partial charge in [-0.05, 0) is 25.8 Å². The number of nitrogens with zero attached hydrogens (tertiary/aromatic N) is 2. The van der Waals surface area contributed by atoms with Gasteiger partial charge in [0.05, 0.1) is 13.7 Å². The Bertz CT molecular complexity index is 741. The van der Waals surface area contributed by atoms with Crippen LogP contribution in [0, 0.1) is 6.92 Å². The number of ether oxygens (including phenoxy) is 1. The maximum absolute atomic E-state index is 12.4. The molecule has 0 saturated heterocycles. The largest absolute Gasteiger partial charge is 0.465 e. The van der Waals surface area contributed by atoms with Gasteiger partial charge >= 0.3 is 5.97 Å². The highest BCUT2D eigenvalue weighted by molar-refractivity contribution is 5.92. The van der Waals surface area contributed by atoms with Crippen molar-refractivity contribution in [1.29, 1.82) is 0 Å². The van der Waals surface area contributed by atoms with Crippen molar-refractivity contribution in [1.82, 2.24) is 10.1 Å². The molecule has 122 valence electrons. The molecule has 3 rings (SSSR count). The summed E-state index contributed by atoms with van der Waals surface area (Å²) in [5.41, 5.74) is 0.645. The maximum atomic E-state index is 12.4. The summed E-state index contributed by atoms with van der Waals surface area (Å²) in [5, 5.41) is 3.83. The minimum absolute atomic E-state index is 0.224. The minimum Gasteiger partial charge on any atom is -0.465 e. The molecule has 0 unspecified atom stereocenters. The van der Waals surface area contributed by atoms with E-state index in [1.165, 1.54) is 12.0 Å². The first-order chi connectivity index (χ1) is 11.0. The van der Waals surface area contributed by atoms with E-state index in [0.717, 1.165) is 18.6 Å². The molecule has 7 nitrogen and oxygen atoms in total. The zero-order valence-electron chi connectivity index (χ0n) is 13.3. The number of carbonyl (C=O) groups is 2. The number of rotatable bonds is 5. The second-order valence-electron chi connectivity index (χ2n) is 5.72. The van der Waals surface area contributed by atoms with Crippen LogP contribution >= 0.6 is 0 Å². The number of methoxy groups -OCH3 is 1. The van der Waals surface area contributed by atoms with Crippen LogP contribution in [0.5, 0.6) is 0 Å². The number of aromatic nitrogens is 1. The lowest BCUT2D eigenvalue weighted by atomic mass is 10.2. The van der Waals surface area contributed by atoms with Gasteiger partial charge in [0.15, 0.2) is 5.69 Å². The van der Waals surface area contributed by atoms with Crippen molar-refractivity contribution < 1.29 is 23.3 Å². The van der Waals surface area contributed by atoms with Crippen molar-refractivity contribution >= 4 is 11.9 Å². The highest BCUT2D eigenvalue weighted by atomic mass is 16.5. The van der Waals surface area contributed by atoms with Crippen LogP contribution in [-0.2, 0) is 11.3 Å². The van der Waals surface area contributed by atoms with E-state index in [1.54, 1.807) is 26.1 Å². The number of esters is 1. The Balaban J connectivity index is 1.69. The van der Waals surface area contributed by atoms with E-state index >= 15 is 0 Å². The summed E-state index contributed by atoms with van der Waals surface area (Å²) in [5.74, 6) is 1.43. The lowest BCUT2D eigenvalue weighted by molar-refractivity contribution is 0.0598. The lowest BCUT2D eigenvalue weighted by Gasteiger charge is -2.13. The van der Waals surface area contributed by atoms with Crippen LogP contribution in [0.25, 0.3) is 0 Å². The van der Waals surface area contributed by atoms with Crippen LogP contribution in [0.4, 0.5) is 0 Å². The van der Waals surface area contributed by atoms with Gasteiger partial charge < -0.3 is 18.6 Å². The third-order valence-electron chi connectivity index (χ3n) is 3.84. The lowest BCUT2D eigenvalue weighted by Crippen LogP contribution is -2.26. The molecular weight excluding hydrogens is 300 g/mol. The highest BCUT2D eigenvalue weighted by Gasteiger charge is 2.29. The molecule has 0 atom stereocenters. The molecule has 0 spiro atoms. The molecule has 1 aliphatic rings. The van der Waals surface area contributed by atoms with Gasteiger partial charge in [-0.2, -0.15) is 0 Å². The molecule has 0 aromatic carbocycles. The highest BCUT2D eigenvalue weighted by Crippen LogP contribution is 2.40. The topological polar surface area (TPSA) is 85.8 Å². The summed E-state index contributed by atoms with van der Waals surface area (Å²) < 4.78 is 15.4. The van der Waals surface area contributed by atoms with Gasteiger partial charge in [-0.3, -0.25) is 4.79 Å². The Morgan fingerprint density at radius 2 is 2.13 bits per heavy atom. The maximum Gasteiger partial charge on any atom is 0.341 e. The van der Waals surface area contributed by atoms with Gasteiger partial charge in [-0.1, -0.05) is 5.16 Å². The van der Waals surface area contributed by atoms with Gasteiger partial charge in [0, 0.05) is 19.0 Å². The molecule has 0 aliphatic heterocycles. The molecule has 1 aliphatic carbocycles. The predicted molar refractivity (Wildman–Crippen MR) is 79.1 cm³/mol. The summed E-state index contributed by atoms with van der Waals surface area (Å²) in [6.07, 6.45) is 2.17. The first kappa shape index (κ1) is 15.3. The quantitative estimate of drug-likeness (QED) is 0.787. The molecule has 2 heterocycles. The number of hydrogen-bond donors (Lipinski definition) is 0. The standard InChI is InChI=1S/C16H18N2O5/c1-9-12(16(20)21-3)6-11(22-9)8-18(2)15(19)13-7-14(23-17-13)10-4-5-10/h6-7,10H,4-5,8H2,1-3H3. The van der Waals surface area contributed by atoms with Gasteiger partial charge in [-0.25, -0.2) is 4.79 Å². The van der Waals surface area contributed by atoms with E-state index in [4.69, 9.17) is 8.94 Å². The average molecular weight is 318 g/mol. The Morgan fingerprint density at radius 3 is 2.78 bits per heavy atom. The summed E-state index contributed by atoms with van der Waals surface area (Å²) in [6.45, 7) is 1.90. The molecule has 0 bridgehead atoms. The van der Waals surface area contributed by atoms with Gasteiger partial charge in [0.1, 0.15) is 22.8 Å². The average Bonchev–Trinajstić information content (AvgIpc) is 3.15. The Labute approximate surface area is 133 Å². The van der Waals surface area contributed by atoms with Crippen LogP contribution in [0.3, 0.4) is 0 Å². The summed E-state index contributed by atoms with van der Waals surface area (Å²) in [7, 11) is 2.95. The van der Waals surface area contributed by atoms with Gasteiger partial charge in [0.25, 0.3) is 5.91 Å². The molecule has 7 heteroatoms. The van der Waals surface area contributed by atoms with Crippen molar-refractivity contribution in [3.05, 3.63) is 40.7 Å². The molecule has 0 radical (unpaired) electrons. The smallest absolute Gasteiger partial charge is 0.341 e. The first-order valence-corrected chi connectivity index (χ1v) is 7.39. The summed E-state index contributed by atoms with van der Waals surface area (Å²) >= 11 is 0. The van der Waals surface area contributed by atoms with E-state index in [0.29, 0.717) is 23.0 Å². The number of furan rings is 1. The van der Waals surface area contributed by atoms with E-state index in [-0.39, 0.29) is 18.1 Å². The fraction of sp³-hybridized carbons (Fsp3) is 0.438. The number of aryl methyl sites for hydroxylation is 1. The molecule has 23 heavy (non-hydrogen) atoms. The van der Waals surface area contributed by atoms with Crippen molar-refractivity contribution in [2.24, 2.45) is 0 Å². The second kappa shape index (κ2) is 5.91. The number of amides is 1. The van der Waals surface area contributed by atoms with Crippen LogP contribution in [0.2, 0.25) is 0 Å². The Morgan fingerprint density at radius 1 is 1.39 bits per heavy atom. The van der Waals surface area contributed by atoms with Crippen molar-refractivity contribution in [3.8, 4) is 0 Å². The van der Waals surface area contributed by atoms with Crippen LogP contribution in [-0.4, -0.2) is 36.1 Å². The predicted octanol–water partition coefficient (Wildman–Crippen LogP) is 2.51. The molecule has 1 amide bonds. The molecule has 1 saturated carbocycles. The normalized spacial score (nSPS) is 13.9. The van der Waals surface area contributed by atoms with E-state index in [2.05, 4.69) is 9.89 Å². The molecule has 2 aromatic heterocycles. The number of hydrogen-bond acceptors (Lipinski definition) is 6. The van der Waals surface area contributed by atoms with E-state index in [9.17, 15) is 9.59 Å². The fourth-order valence-electron chi connectivity index (χ4n) is 2.39. The van der Waals surface area contributed by atoms with Crippen LogP contribution in [0.1, 0.15) is 56.9 Å². The van der Waals surface area contributed by atoms with Crippen molar-refractivity contribution in [2.75, 3.05) is 14.2 Å². The molecule has 0 N–H and O–H groups in total. The van der Waals surface area contributed by atoms with E-state index in [1.807, 2.05) is 0 Å². The Hall–Kier alpha value is -2.57. The van der Waals surface area contributed by atoms with E-state index < -0.39 is 5.97 Å². The number of carbonyl (C=O) groups excluding carboxylic acids is 2. The van der Waals surface area contributed by atoms with Crippen LogP contribution < -0.4 is 0 Å². The first-order valence-electron chi connectivity index (χ1n) is 7.39. The SMILES string of the molecule is COC(=O)c1cc(CN(C)C(=O)c2cc(C3CC3)on2)oc1C. The van der Waals surface area contributed by atoms with Crippen molar-refractivity contribution in [3.63, 3.8) is 0 Å². The third kappa shape index (κ3) is 3.13. The fourth-order valence-corrected chi connectivity index (χ4v) is 2.39. The minimum atomic E-state index is -0.461. The monoisotopic (exact) mass is 318 g/mol. The van der Waals surface area contributed by atoms with Crippen molar-refractivity contribution in [2.45, 2.75) is 32.2 Å². The van der Waals surface area contributed by atoms with Crippen LogP contribution in [0.15, 0.2) is 21.1 Å². The second-order valence-corrected chi connectivity index (χ2v) is 5.72. The van der Waals surface area contributed by atoms with Gasteiger partial charge in [-0.15, -0.1) is 0 Å². The zero-order valence-corrected chi connectivity index (χ0v) is 13.3. The third-order valence-corrected chi connectivity index (χ3v) is 3.84. The Kier molecular flexibility index (Phi) is 3.94.